The van der Waals surface area contributed by atoms with Gasteiger partial charge in [0.05, 0.1) is 11.0 Å². The molecule has 4 nitrogen and oxygen atoms in total. The highest BCUT2D eigenvalue weighted by molar-refractivity contribution is 6.09. The molecule has 0 radical (unpaired) electrons. The van der Waals surface area contributed by atoms with Crippen molar-refractivity contribution in [3.63, 3.8) is 0 Å². The SMILES string of the molecule is c1ccc(-c2ncnc(-c3cccc(-n4c5ccccc5c5ccccc54)c3)n2)cc1. The lowest BCUT2D eigenvalue weighted by Crippen LogP contribution is -1.97. The van der Waals surface area contributed by atoms with E-state index in [1.807, 2.05) is 36.4 Å². The molecular formula is C27H18N4. The zero-order chi connectivity index (χ0) is 20.6. The summed E-state index contributed by atoms with van der Waals surface area (Å²) in [5.41, 5.74) is 5.38. The summed E-state index contributed by atoms with van der Waals surface area (Å²) in [5.74, 6) is 1.34. The highest BCUT2D eigenvalue weighted by atomic mass is 15.0. The van der Waals surface area contributed by atoms with E-state index < -0.39 is 0 Å². The first-order valence-electron chi connectivity index (χ1n) is 10.2. The summed E-state index contributed by atoms with van der Waals surface area (Å²) >= 11 is 0. The molecule has 6 rings (SSSR count). The van der Waals surface area contributed by atoms with Gasteiger partial charge in [-0.25, -0.2) is 15.0 Å². The lowest BCUT2D eigenvalue weighted by Gasteiger charge is -2.10. The van der Waals surface area contributed by atoms with E-state index in [9.17, 15) is 0 Å². The quantitative estimate of drug-likeness (QED) is 0.351. The van der Waals surface area contributed by atoms with Gasteiger partial charge >= 0.3 is 0 Å². The molecule has 0 saturated carbocycles. The van der Waals surface area contributed by atoms with E-state index in [4.69, 9.17) is 4.98 Å². The maximum Gasteiger partial charge on any atom is 0.163 e. The second kappa shape index (κ2) is 7.18. The lowest BCUT2D eigenvalue weighted by atomic mass is 10.1. The van der Waals surface area contributed by atoms with Crippen LogP contribution >= 0.6 is 0 Å². The molecule has 146 valence electrons. The predicted octanol–water partition coefficient (Wildman–Crippen LogP) is 6.30. The molecule has 0 aliphatic heterocycles. The van der Waals surface area contributed by atoms with Gasteiger partial charge in [-0.2, -0.15) is 0 Å². The van der Waals surface area contributed by atoms with Gasteiger partial charge in [-0.05, 0) is 24.3 Å². The van der Waals surface area contributed by atoms with Gasteiger partial charge in [0.15, 0.2) is 11.6 Å². The molecule has 0 bridgehead atoms. The second-order valence-corrected chi connectivity index (χ2v) is 7.42. The lowest BCUT2D eigenvalue weighted by molar-refractivity contribution is 1.06. The number of hydrogen-bond donors (Lipinski definition) is 0. The minimum atomic E-state index is 0.663. The molecule has 2 aromatic heterocycles. The van der Waals surface area contributed by atoms with Gasteiger partial charge in [0.2, 0.25) is 0 Å². The third-order valence-electron chi connectivity index (χ3n) is 5.55. The minimum absolute atomic E-state index is 0.663. The van der Waals surface area contributed by atoms with Gasteiger partial charge in [-0.15, -0.1) is 0 Å². The number of aromatic nitrogens is 4. The summed E-state index contributed by atoms with van der Waals surface area (Å²) in [6, 6.07) is 35.4. The topological polar surface area (TPSA) is 43.6 Å². The molecule has 0 aliphatic rings. The van der Waals surface area contributed by atoms with Crippen LogP contribution in [0, 0.1) is 0 Å². The van der Waals surface area contributed by atoms with Crippen LogP contribution < -0.4 is 0 Å². The Morgan fingerprint density at radius 2 is 1.10 bits per heavy atom. The monoisotopic (exact) mass is 398 g/mol. The number of para-hydroxylation sites is 2. The van der Waals surface area contributed by atoms with E-state index in [1.165, 1.54) is 21.8 Å². The Bertz CT molecular complexity index is 1480. The molecule has 0 aliphatic carbocycles. The first kappa shape index (κ1) is 17.5. The first-order valence-corrected chi connectivity index (χ1v) is 10.2. The molecule has 0 saturated heterocycles. The van der Waals surface area contributed by atoms with Crippen LogP contribution in [-0.4, -0.2) is 19.5 Å². The Balaban J connectivity index is 1.53. The van der Waals surface area contributed by atoms with E-state index >= 15 is 0 Å². The van der Waals surface area contributed by atoms with Crippen LogP contribution in [-0.2, 0) is 0 Å². The molecule has 0 N–H and O–H groups in total. The Kier molecular flexibility index (Phi) is 4.06. The molecule has 2 heterocycles. The average Bonchev–Trinajstić information content (AvgIpc) is 3.19. The van der Waals surface area contributed by atoms with Crippen LogP contribution in [0.1, 0.15) is 0 Å². The number of rotatable bonds is 3. The van der Waals surface area contributed by atoms with E-state index in [0.717, 1.165) is 16.8 Å². The summed E-state index contributed by atoms with van der Waals surface area (Å²) in [6.07, 6.45) is 1.58. The van der Waals surface area contributed by atoms with Gasteiger partial charge in [0, 0.05) is 27.6 Å². The minimum Gasteiger partial charge on any atom is -0.309 e. The van der Waals surface area contributed by atoms with E-state index in [1.54, 1.807) is 6.33 Å². The Hall–Kier alpha value is -4.31. The first-order chi connectivity index (χ1) is 15.4. The smallest absolute Gasteiger partial charge is 0.163 e. The van der Waals surface area contributed by atoms with Crippen molar-refractivity contribution >= 4 is 21.8 Å². The van der Waals surface area contributed by atoms with Crippen molar-refractivity contribution in [2.75, 3.05) is 0 Å². The second-order valence-electron chi connectivity index (χ2n) is 7.42. The molecule has 6 aromatic rings. The van der Waals surface area contributed by atoms with E-state index in [-0.39, 0.29) is 0 Å². The average molecular weight is 398 g/mol. The van der Waals surface area contributed by atoms with Crippen LogP contribution in [0.15, 0.2) is 109 Å². The van der Waals surface area contributed by atoms with Gasteiger partial charge in [-0.3, -0.25) is 0 Å². The summed E-state index contributed by atoms with van der Waals surface area (Å²) in [4.78, 5) is 13.5. The van der Waals surface area contributed by atoms with Crippen molar-refractivity contribution in [2.24, 2.45) is 0 Å². The van der Waals surface area contributed by atoms with Crippen LogP contribution in [0.25, 0.3) is 50.3 Å². The Morgan fingerprint density at radius 3 is 1.81 bits per heavy atom. The molecule has 0 atom stereocenters. The van der Waals surface area contributed by atoms with E-state index in [0.29, 0.717) is 11.6 Å². The highest BCUT2D eigenvalue weighted by Crippen LogP contribution is 2.32. The number of hydrogen-bond acceptors (Lipinski definition) is 3. The zero-order valence-corrected chi connectivity index (χ0v) is 16.7. The molecule has 0 unspecified atom stereocenters. The van der Waals surface area contributed by atoms with Crippen LogP contribution in [0.5, 0.6) is 0 Å². The third kappa shape index (κ3) is 2.97. The number of benzene rings is 4. The zero-order valence-electron chi connectivity index (χ0n) is 16.7. The summed E-state index contributed by atoms with van der Waals surface area (Å²) < 4.78 is 2.30. The van der Waals surface area contributed by atoms with Crippen LogP contribution in [0.3, 0.4) is 0 Å². The van der Waals surface area contributed by atoms with Crippen molar-refractivity contribution < 1.29 is 0 Å². The van der Waals surface area contributed by atoms with Crippen molar-refractivity contribution in [1.82, 2.24) is 19.5 Å². The summed E-state index contributed by atoms with van der Waals surface area (Å²) in [7, 11) is 0. The van der Waals surface area contributed by atoms with Gasteiger partial charge < -0.3 is 4.57 Å². The molecule has 4 heteroatoms. The highest BCUT2D eigenvalue weighted by Gasteiger charge is 2.13. The van der Waals surface area contributed by atoms with Crippen molar-refractivity contribution in [2.45, 2.75) is 0 Å². The third-order valence-corrected chi connectivity index (χ3v) is 5.55. The summed E-state index contributed by atoms with van der Waals surface area (Å²) in [6.45, 7) is 0. The van der Waals surface area contributed by atoms with Crippen molar-refractivity contribution in [1.29, 1.82) is 0 Å². The maximum absolute atomic E-state index is 4.73. The normalized spacial score (nSPS) is 11.2. The standard InChI is InChI=1S/C27H18N4/c1-2-9-19(10-3-1)26-28-18-29-27(30-26)20-11-8-12-21(17-20)31-24-15-6-4-13-22(24)23-14-5-7-16-25(23)31/h1-18H. The number of fused-ring (bicyclic) bond motifs is 3. The predicted molar refractivity (Wildman–Crippen MR) is 125 cm³/mol. The van der Waals surface area contributed by atoms with Crippen molar-refractivity contribution in [3.05, 3.63) is 109 Å². The fourth-order valence-electron chi connectivity index (χ4n) is 4.15. The largest absolute Gasteiger partial charge is 0.309 e. The Morgan fingerprint density at radius 1 is 0.516 bits per heavy atom. The molecule has 0 amide bonds. The Labute approximate surface area is 179 Å². The summed E-state index contributed by atoms with van der Waals surface area (Å²) in [5, 5.41) is 2.49. The fraction of sp³-hybridized carbons (Fsp3) is 0. The molecule has 0 fully saturated rings. The maximum atomic E-state index is 4.73. The molecular weight excluding hydrogens is 380 g/mol. The fourth-order valence-corrected chi connectivity index (χ4v) is 4.15. The van der Waals surface area contributed by atoms with Crippen molar-refractivity contribution in [3.8, 4) is 28.5 Å². The van der Waals surface area contributed by atoms with Gasteiger partial charge in [0.25, 0.3) is 0 Å². The van der Waals surface area contributed by atoms with E-state index in [2.05, 4.69) is 81.3 Å². The molecule has 4 aromatic carbocycles. The number of nitrogens with zero attached hydrogens (tertiary/aromatic N) is 4. The molecule has 31 heavy (non-hydrogen) atoms. The molecule has 0 spiro atoms. The van der Waals surface area contributed by atoms with Crippen LogP contribution in [0.2, 0.25) is 0 Å². The van der Waals surface area contributed by atoms with Gasteiger partial charge in [0.1, 0.15) is 6.33 Å². The van der Waals surface area contributed by atoms with Gasteiger partial charge in [-0.1, -0.05) is 78.9 Å². The van der Waals surface area contributed by atoms with Crippen LogP contribution in [0.4, 0.5) is 0 Å².